The van der Waals surface area contributed by atoms with Crippen LogP contribution in [0, 0.1) is 5.92 Å². The summed E-state index contributed by atoms with van der Waals surface area (Å²) >= 11 is 9.32. The van der Waals surface area contributed by atoms with Gasteiger partial charge in [-0.3, -0.25) is 14.4 Å². The molecule has 28 heavy (non-hydrogen) atoms. The van der Waals surface area contributed by atoms with Gasteiger partial charge in [0.15, 0.2) is 0 Å². The highest BCUT2D eigenvalue weighted by Gasteiger charge is 2.29. The second-order valence-electron chi connectivity index (χ2n) is 6.48. The minimum absolute atomic E-state index is 0.0264. The minimum atomic E-state index is -0.309. The standard InChI is InChI=1S/C20H19BrClN3O3/c21-14-5-8-17(22)16(11-14)20(28)24-10-9-23-18(26)12-3-6-15(7-4-12)25-19(27)13-1-2-13/h3-8,11,13H,1-2,9-10H2,(H,23,26)(H,24,28)(H,25,27). The molecule has 3 rings (SSSR count). The van der Waals surface area contributed by atoms with Gasteiger partial charge in [0.25, 0.3) is 11.8 Å². The Morgan fingerprint density at radius 1 is 0.964 bits per heavy atom. The van der Waals surface area contributed by atoms with E-state index in [4.69, 9.17) is 11.6 Å². The smallest absolute Gasteiger partial charge is 0.252 e. The lowest BCUT2D eigenvalue weighted by Crippen LogP contribution is -2.34. The number of hydrogen-bond acceptors (Lipinski definition) is 3. The van der Waals surface area contributed by atoms with Gasteiger partial charge in [0, 0.05) is 34.7 Å². The Kier molecular flexibility index (Phi) is 6.70. The summed E-state index contributed by atoms with van der Waals surface area (Å²) in [6.07, 6.45) is 1.88. The van der Waals surface area contributed by atoms with E-state index in [1.54, 1.807) is 42.5 Å². The highest BCUT2D eigenvalue weighted by molar-refractivity contribution is 9.10. The first kappa shape index (κ1) is 20.4. The van der Waals surface area contributed by atoms with Gasteiger partial charge in [-0.15, -0.1) is 0 Å². The predicted octanol–water partition coefficient (Wildman–Crippen LogP) is 3.61. The van der Waals surface area contributed by atoms with Gasteiger partial charge in [0.1, 0.15) is 0 Å². The zero-order valence-electron chi connectivity index (χ0n) is 14.9. The fourth-order valence-corrected chi connectivity index (χ4v) is 3.08. The Balaban J connectivity index is 1.43. The molecule has 0 atom stereocenters. The van der Waals surface area contributed by atoms with Crippen molar-refractivity contribution in [3.63, 3.8) is 0 Å². The van der Waals surface area contributed by atoms with Crippen LogP contribution < -0.4 is 16.0 Å². The fraction of sp³-hybridized carbons (Fsp3) is 0.250. The highest BCUT2D eigenvalue weighted by atomic mass is 79.9. The van der Waals surface area contributed by atoms with Crippen LogP contribution >= 0.6 is 27.5 Å². The first-order valence-corrected chi connectivity index (χ1v) is 10.0. The van der Waals surface area contributed by atoms with Crippen molar-refractivity contribution >= 4 is 50.9 Å². The van der Waals surface area contributed by atoms with Crippen molar-refractivity contribution in [1.29, 1.82) is 0 Å². The van der Waals surface area contributed by atoms with Crippen LogP contribution in [0.15, 0.2) is 46.9 Å². The monoisotopic (exact) mass is 463 g/mol. The summed E-state index contributed by atoms with van der Waals surface area (Å²) in [5, 5.41) is 8.64. The van der Waals surface area contributed by atoms with Crippen molar-refractivity contribution in [2.75, 3.05) is 18.4 Å². The van der Waals surface area contributed by atoms with E-state index in [2.05, 4.69) is 31.9 Å². The molecule has 0 heterocycles. The third kappa shape index (κ3) is 5.56. The van der Waals surface area contributed by atoms with Crippen molar-refractivity contribution in [3.05, 3.63) is 63.1 Å². The molecule has 8 heteroatoms. The molecule has 3 N–H and O–H groups in total. The molecule has 146 valence electrons. The molecule has 1 fully saturated rings. The van der Waals surface area contributed by atoms with E-state index < -0.39 is 0 Å². The van der Waals surface area contributed by atoms with Gasteiger partial charge < -0.3 is 16.0 Å². The first-order chi connectivity index (χ1) is 13.4. The Morgan fingerprint density at radius 3 is 2.25 bits per heavy atom. The second kappa shape index (κ2) is 9.21. The number of hydrogen-bond donors (Lipinski definition) is 3. The van der Waals surface area contributed by atoms with E-state index in [0.717, 1.165) is 17.3 Å². The van der Waals surface area contributed by atoms with Crippen LogP contribution in [-0.4, -0.2) is 30.8 Å². The zero-order valence-corrected chi connectivity index (χ0v) is 17.3. The van der Waals surface area contributed by atoms with Crippen LogP contribution in [-0.2, 0) is 4.79 Å². The van der Waals surface area contributed by atoms with E-state index in [9.17, 15) is 14.4 Å². The van der Waals surface area contributed by atoms with Crippen LogP contribution in [0.3, 0.4) is 0 Å². The van der Waals surface area contributed by atoms with Gasteiger partial charge >= 0.3 is 0 Å². The Hall–Kier alpha value is -2.38. The summed E-state index contributed by atoms with van der Waals surface area (Å²) < 4.78 is 0.757. The number of halogens is 2. The molecule has 2 aromatic rings. The van der Waals surface area contributed by atoms with Gasteiger partial charge in [-0.1, -0.05) is 27.5 Å². The lowest BCUT2D eigenvalue weighted by molar-refractivity contribution is -0.117. The van der Waals surface area contributed by atoms with Crippen molar-refractivity contribution in [3.8, 4) is 0 Å². The molecule has 1 saturated carbocycles. The predicted molar refractivity (Wildman–Crippen MR) is 112 cm³/mol. The Bertz CT molecular complexity index is 898. The maximum atomic E-state index is 12.2. The molecule has 2 aromatic carbocycles. The molecule has 3 amide bonds. The van der Waals surface area contributed by atoms with Crippen molar-refractivity contribution in [2.24, 2.45) is 5.92 Å². The van der Waals surface area contributed by atoms with Gasteiger partial charge in [-0.25, -0.2) is 0 Å². The fourth-order valence-electron chi connectivity index (χ4n) is 2.52. The average Bonchev–Trinajstić information content (AvgIpc) is 3.52. The van der Waals surface area contributed by atoms with E-state index in [1.165, 1.54) is 0 Å². The number of carbonyl (C=O) groups is 3. The SMILES string of the molecule is O=C(NCCNC(=O)c1cc(Br)ccc1Cl)c1ccc(NC(=O)C2CC2)cc1. The molecule has 0 aliphatic heterocycles. The molecule has 6 nitrogen and oxygen atoms in total. The minimum Gasteiger partial charge on any atom is -0.350 e. The number of nitrogens with one attached hydrogen (secondary N) is 3. The molecule has 0 aromatic heterocycles. The van der Waals surface area contributed by atoms with Crippen LogP contribution in [0.25, 0.3) is 0 Å². The number of carbonyl (C=O) groups excluding carboxylic acids is 3. The van der Waals surface area contributed by atoms with Gasteiger partial charge in [0.05, 0.1) is 10.6 Å². The van der Waals surface area contributed by atoms with E-state index in [1.807, 2.05) is 0 Å². The van der Waals surface area contributed by atoms with Crippen molar-refractivity contribution in [1.82, 2.24) is 10.6 Å². The quantitative estimate of drug-likeness (QED) is 0.547. The normalized spacial score (nSPS) is 12.9. The third-order valence-corrected chi connectivity index (χ3v) is 5.05. The lowest BCUT2D eigenvalue weighted by atomic mass is 10.2. The summed E-state index contributed by atoms with van der Waals surface area (Å²) in [4.78, 5) is 36.0. The summed E-state index contributed by atoms with van der Waals surface area (Å²) in [6.45, 7) is 0.541. The van der Waals surface area contributed by atoms with Crippen molar-refractivity contribution in [2.45, 2.75) is 12.8 Å². The van der Waals surface area contributed by atoms with E-state index in [0.29, 0.717) is 21.8 Å². The number of anilines is 1. The molecule has 0 bridgehead atoms. The van der Waals surface area contributed by atoms with Gasteiger partial charge in [-0.2, -0.15) is 0 Å². The van der Waals surface area contributed by atoms with Crippen LogP contribution in [0.4, 0.5) is 5.69 Å². The second-order valence-corrected chi connectivity index (χ2v) is 7.80. The molecule has 0 spiro atoms. The zero-order chi connectivity index (χ0) is 20.1. The van der Waals surface area contributed by atoms with Crippen molar-refractivity contribution < 1.29 is 14.4 Å². The Morgan fingerprint density at radius 2 is 1.61 bits per heavy atom. The van der Waals surface area contributed by atoms with E-state index >= 15 is 0 Å². The van der Waals surface area contributed by atoms with Gasteiger partial charge in [0.2, 0.25) is 5.91 Å². The highest BCUT2D eigenvalue weighted by Crippen LogP contribution is 2.30. The summed E-state index contributed by atoms with van der Waals surface area (Å²) in [6, 6.07) is 11.7. The maximum Gasteiger partial charge on any atom is 0.252 e. The van der Waals surface area contributed by atoms with Crippen LogP contribution in [0.1, 0.15) is 33.6 Å². The van der Waals surface area contributed by atoms with Gasteiger partial charge in [-0.05, 0) is 55.3 Å². The molecule has 1 aliphatic carbocycles. The molecule has 0 unspecified atom stereocenters. The summed E-state index contributed by atoms with van der Waals surface area (Å²) in [5.74, 6) is -0.408. The first-order valence-electron chi connectivity index (χ1n) is 8.86. The molecule has 0 saturated heterocycles. The molecule has 0 radical (unpaired) electrons. The summed E-state index contributed by atoms with van der Waals surface area (Å²) in [7, 11) is 0. The number of benzene rings is 2. The third-order valence-electron chi connectivity index (χ3n) is 4.23. The number of amides is 3. The van der Waals surface area contributed by atoms with Crippen LogP contribution in [0.2, 0.25) is 5.02 Å². The van der Waals surface area contributed by atoms with Crippen LogP contribution in [0.5, 0.6) is 0 Å². The molecular formula is C20H19BrClN3O3. The lowest BCUT2D eigenvalue weighted by Gasteiger charge is -2.09. The molecule has 1 aliphatic rings. The molecular weight excluding hydrogens is 446 g/mol. The summed E-state index contributed by atoms with van der Waals surface area (Å²) in [5.41, 5.74) is 1.52. The Labute approximate surface area is 176 Å². The largest absolute Gasteiger partial charge is 0.350 e. The average molecular weight is 465 g/mol. The number of rotatable bonds is 7. The topological polar surface area (TPSA) is 87.3 Å². The maximum absolute atomic E-state index is 12.2. The van der Waals surface area contributed by atoms with E-state index in [-0.39, 0.29) is 36.7 Å².